The van der Waals surface area contributed by atoms with E-state index < -0.39 is 33.4 Å². The molecule has 1 unspecified atom stereocenters. The maximum Gasteiger partial charge on any atom is 0.259 e. The minimum Gasteiger partial charge on any atom is -0.381 e. The second-order valence-corrected chi connectivity index (χ2v) is 11.2. The SMILES string of the molecule is CCCCS(=O)(=O)NC(=O)C1(NC(=O)C2CCCN2C(=O)c2cc(C)cc(C)c2)CCOCC1. The molecule has 2 aliphatic heterocycles. The molecule has 1 aromatic carbocycles. The maximum atomic E-state index is 13.4. The Bertz CT molecular complexity index is 1010. The van der Waals surface area contributed by atoms with Crippen molar-refractivity contribution in [2.45, 2.75) is 70.9 Å². The van der Waals surface area contributed by atoms with E-state index in [2.05, 4.69) is 10.0 Å². The van der Waals surface area contributed by atoms with E-state index in [0.717, 1.165) is 11.1 Å². The fraction of sp³-hybridized carbons (Fsp3) is 0.625. The van der Waals surface area contributed by atoms with Crippen molar-refractivity contribution in [2.24, 2.45) is 0 Å². The third-order valence-corrected chi connectivity index (χ3v) is 7.77. The molecule has 1 aromatic rings. The Labute approximate surface area is 201 Å². The van der Waals surface area contributed by atoms with Crippen LogP contribution in [0.1, 0.15) is 66.9 Å². The molecule has 2 aliphatic rings. The van der Waals surface area contributed by atoms with E-state index in [9.17, 15) is 22.8 Å². The summed E-state index contributed by atoms with van der Waals surface area (Å²) < 4.78 is 32.2. The van der Waals surface area contributed by atoms with Crippen molar-refractivity contribution in [3.8, 4) is 0 Å². The smallest absolute Gasteiger partial charge is 0.259 e. The average molecular weight is 494 g/mol. The molecule has 34 heavy (non-hydrogen) atoms. The zero-order valence-electron chi connectivity index (χ0n) is 20.2. The lowest BCUT2D eigenvalue weighted by Crippen LogP contribution is -2.64. The number of rotatable bonds is 8. The summed E-state index contributed by atoms with van der Waals surface area (Å²) in [5.74, 6) is -1.57. The van der Waals surface area contributed by atoms with Crippen molar-refractivity contribution in [3.05, 3.63) is 34.9 Å². The number of hydrogen-bond donors (Lipinski definition) is 2. The molecule has 2 fully saturated rings. The van der Waals surface area contributed by atoms with Gasteiger partial charge in [0.1, 0.15) is 11.6 Å². The number of unbranched alkanes of at least 4 members (excludes halogenated alkanes) is 1. The summed E-state index contributed by atoms with van der Waals surface area (Å²) >= 11 is 0. The highest BCUT2D eigenvalue weighted by atomic mass is 32.2. The molecule has 2 saturated heterocycles. The third kappa shape index (κ3) is 6.15. The number of sulfonamides is 1. The molecule has 2 heterocycles. The molecule has 0 bridgehead atoms. The van der Waals surface area contributed by atoms with E-state index in [1.54, 1.807) is 17.0 Å². The summed E-state index contributed by atoms with van der Waals surface area (Å²) in [6.07, 6.45) is 2.57. The molecule has 3 rings (SSSR count). The van der Waals surface area contributed by atoms with Crippen molar-refractivity contribution < 1.29 is 27.5 Å². The molecule has 0 aliphatic carbocycles. The van der Waals surface area contributed by atoms with E-state index in [1.807, 2.05) is 26.8 Å². The van der Waals surface area contributed by atoms with Crippen LogP contribution in [0.2, 0.25) is 0 Å². The number of aryl methyl sites for hydroxylation is 2. The number of hydrogen-bond acceptors (Lipinski definition) is 6. The van der Waals surface area contributed by atoms with Gasteiger partial charge in [0, 0.05) is 38.2 Å². The van der Waals surface area contributed by atoms with Crippen LogP contribution in [0.4, 0.5) is 0 Å². The standard InChI is InChI=1S/C24H35N3O6S/c1-4-5-13-34(31,32)26-23(30)24(8-11-33-12-9-24)25-21(28)20-7-6-10-27(20)22(29)19-15-17(2)14-18(3)16-19/h14-16,20H,4-13H2,1-3H3,(H,25,28)(H,26,30). The lowest BCUT2D eigenvalue weighted by atomic mass is 9.88. The highest BCUT2D eigenvalue weighted by molar-refractivity contribution is 7.90. The molecule has 9 nitrogen and oxygen atoms in total. The molecule has 3 amide bonds. The van der Waals surface area contributed by atoms with Crippen molar-refractivity contribution >= 4 is 27.7 Å². The summed E-state index contributed by atoms with van der Waals surface area (Å²) in [6.45, 7) is 6.58. The molecule has 10 heteroatoms. The average Bonchev–Trinajstić information content (AvgIpc) is 3.27. The Balaban J connectivity index is 1.78. The maximum absolute atomic E-state index is 13.4. The highest BCUT2D eigenvalue weighted by Crippen LogP contribution is 2.26. The Morgan fingerprint density at radius 3 is 2.38 bits per heavy atom. The van der Waals surface area contributed by atoms with E-state index in [1.165, 1.54) is 0 Å². The number of carbonyl (C=O) groups excluding carboxylic acids is 3. The number of nitrogens with one attached hydrogen (secondary N) is 2. The minimum absolute atomic E-state index is 0.156. The van der Waals surface area contributed by atoms with Gasteiger partial charge >= 0.3 is 0 Å². The summed E-state index contributed by atoms with van der Waals surface area (Å²) in [4.78, 5) is 41.3. The molecule has 188 valence electrons. The predicted molar refractivity (Wildman–Crippen MR) is 128 cm³/mol. The van der Waals surface area contributed by atoms with Gasteiger partial charge in [0.05, 0.1) is 5.75 Å². The van der Waals surface area contributed by atoms with Crippen molar-refractivity contribution in [1.82, 2.24) is 14.9 Å². The topological polar surface area (TPSA) is 122 Å². The fourth-order valence-electron chi connectivity index (χ4n) is 4.62. The second-order valence-electron chi connectivity index (χ2n) is 9.32. The monoisotopic (exact) mass is 493 g/mol. The van der Waals surface area contributed by atoms with E-state index in [4.69, 9.17) is 4.74 Å². The second kappa shape index (κ2) is 10.9. The normalized spacial score (nSPS) is 20.1. The summed E-state index contributed by atoms with van der Waals surface area (Å²) in [6, 6.07) is 4.86. The van der Waals surface area contributed by atoms with Gasteiger partial charge in [0.25, 0.3) is 11.8 Å². The van der Waals surface area contributed by atoms with Gasteiger partial charge < -0.3 is 15.0 Å². The van der Waals surface area contributed by atoms with Crippen molar-refractivity contribution in [3.63, 3.8) is 0 Å². The first kappa shape index (κ1) is 26.2. The largest absolute Gasteiger partial charge is 0.381 e. The number of amides is 3. The van der Waals surface area contributed by atoms with Crippen molar-refractivity contribution in [2.75, 3.05) is 25.5 Å². The summed E-state index contributed by atoms with van der Waals surface area (Å²) in [5.41, 5.74) is 1.06. The van der Waals surface area contributed by atoms with E-state index in [-0.39, 0.29) is 37.7 Å². The first-order valence-electron chi connectivity index (χ1n) is 11.9. The van der Waals surface area contributed by atoms with Crippen LogP contribution in [0.3, 0.4) is 0 Å². The van der Waals surface area contributed by atoms with Crippen LogP contribution in [0.5, 0.6) is 0 Å². The van der Waals surface area contributed by atoms with Gasteiger partial charge in [0.15, 0.2) is 0 Å². The van der Waals surface area contributed by atoms with Crippen LogP contribution in [-0.2, 0) is 24.3 Å². The Morgan fingerprint density at radius 1 is 1.12 bits per heavy atom. The minimum atomic E-state index is -3.81. The summed E-state index contributed by atoms with van der Waals surface area (Å²) in [7, 11) is -3.81. The van der Waals surface area contributed by atoms with Gasteiger partial charge in [-0.3, -0.25) is 19.1 Å². The molecule has 0 saturated carbocycles. The van der Waals surface area contributed by atoms with Crippen LogP contribution in [0.25, 0.3) is 0 Å². The highest BCUT2D eigenvalue weighted by Gasteiger charge is 2.45. The zero-order valence-corrected chi connectivity index (χ0v) is 21.0. The van der Waals surface area contributed by atoms with Crippen LogP contribution in [-0.4, -0.2) is 68.1 Å². The van der Waals surface area contributed by atoms with Gasteiger partial charge in [0.2, 0.25) is 15.9 Å². The molecule has 0 aromatic heterocycles. The number of carbonyl (C=O) groups is 3. The number of benzene rings is 1. The molecule has 0 spiro atoms. The van der Waals surface area contributed by atoms with Crippen molar-refractivity contribution in [1.29, 1.82) is 0 Å². The zero-order chi connectivity index (χ0) is 24.9. The van der Waals surface area contributed by atoms with Crippen LogP contribution < -0.4 is 10.0 Å². The lowest BCUT2D eigenvalue weighted by molar-refractivity contribution is -0.138. The first-order chi connectivity index (χ1) is 16.1. The summed E-state index contributed by atoms with van der Waals surface area (Å²) in [5, 5.41) is 2.82. The molecule has 1 atom stereocenters. The molecular formula is C24H35N3O6S. The van der Waals surface area contributed by atoms with Gasteiger partial charge in [-0.1, -0.05) is 30.5 Å². The fourth-order valence-corrected chi connectivity index (χ4v) is 5.87. The van der Waals surface area contributed by atoms with Crippen LogP contribution in [0, 0.1) is 13.8 Å². The molecular weight excluding hydrogens is 458 g/mol. The third-order valence-electron chi connectivity index (χ3n) is 6.44. The van der Waals surface area contributed by atoms with Crippen LogP contribution in [0.15, 0.2) is 18.2 Å². The lowest BCUT2D eigenvalue weighted by Gasteiger charge is -2.37. The van der Waals surface area contributed by atoms with Gasteiger partial charge in [-0.2, -0.15) is 0 Å². The van der Waals surface area contributed by atoms with Gasteiger partial charge in [-0.15, -0.1) is 0 Å². The first-order valence-corrected chi connectivity index (χ1v) is 13.6. The number of ether oxygens (including phenoxy) is 1. The van der Waals surface area contributed by atoms with Gasteiger partial charge in [-0.05, 0) is 45.2 Å². The molecule has 2 N–H and O–H groups in total. The predicted octanol–water partition coefficient (Wildman–Crippen LogP) is 1.82. The van der Waals surface area contributed by atoms with Crippen LogP contribution >= 0.6 is 0 Å². The van der Waals surface area contributed by atoms with Gasteiger partial charge in [-0.25, -0.2) is 8.42 Å². The number of likely N-dealkylation sites (tertiary alicyclic amines) is 1. The van der Waals surface area contributed by atoms with E-state index >= 15 is 0 Å². The molecule has 0 radical (unpaired) electrons. The Morgan fingerprint density at radius 2 is 1.76 bits per heavy atom. The Kier molecular flexibility index (Phi) is 8.35. The van der Waals surface area contributed by atoms with E-state index in [0.29, 0.717) is 37.8 Å². The quantitative estimate of drug-likeness (QED) is 0.570. The Hall–Kier alpha value is -2.46. The number of nitrogens with zero attached hydrogens (tertiary/aromatic N) is 1.